The Morgan fingerprint density at radius 2 is 1.95 bits per heavy atom. The summed E-state index contributed by atoms with van der Waals surface area (Å²) in [5.41, 5.74) is 6.34. The van der Waals surface area contributed by atoms with E-state index in [1.54, 1.807) is 6.20 Å². The minimum Gasteiger partial charge on any atom is -0.419 e. The number of hydrogen-bond donors (Lipinski definition) is 1. The molecule has 0 fully saturated rings. The van der Waals surface area contributed by atoms with Crippen LogP contribution in [0.3, 0.4) is 0 Å². The largest absolute Gasteiger partial charge is 0.419 e. The number of halogens is 1. The molecule has 19 heavy (non-hydrogen) atoms. The Kier molecular flexibility index (Phi) is 3.00. The van der Waals surface area contributed by atoms with E-state index < -0.39 is 0 Å². The van der Waals surface area contributed by atoms with E-state index in [1.165, 1.54) is 4.68 Å². The van der Waals surface area contributed by atoms with Crippen LogP contribution < -0.4 is 5.73 Å². The maximum Gasteiger partial charge on any atom is 0.247 e. The van der Waals surface area contributed by atoms with Crippen LogP contribution in [-0.4, -0.2) is 25.2 Å². The number of benzene rings is 1. The monoisotopic (exact) mass is 320 g/mol. The highest BCUT2D eigenvalue weighted by molar-refractivity contribution is 9.10. The number of nitrogens with zero attached hydrogens (tertiary/aromatic N) is 5. The van der Waals surface area contributed by atoms with Crippen molar-refractivity contribution >= 4 is 21.7 Å². The van der Waals surface area contributed by atoms with E-state index in [1.807, 2.05) is 24.3 Å². The first-order valence-corrected chi connectivity index (χ1v) is 6.24. The minimum atomic E-state index is 0.341. The van der Waals surface area contributed by atoms with Gasteiger partial charge in [0.05, 0.1) is 6.20 Å². The Labute approximate surface area is 116 Å². The number of rotatable bonds is 3. The van der Waals surface area contributed by atoms with Gasteiger partial charge in [-0.15, -0.1) is 15.3 Å². The molecule has 0 bridgehead atoms. The fraction of sp³-hybridized carbons (Fsp3) is 0.0909. The average molecular weight is 321 g/mol. The smallest absolute Gasteiger partial charge is 0.247 e. The maximum atomic E-state index is 5.56. The van der Waals surface area contributed by atoms with Crippen molar-refractivity contribution in [3.63, 3.8) is 0 Å². The standard InChI is InChI=1S/C11H9BrN6O/c12-8-3-1-7(2-4-8)11-16-15-10(19-11)6-18-5-9(13)14-17-18/h1-5H,6,13H2. The van der Waals surface area contributed by atoms with Gasteiger partial charge in [-0.1, -0.05) is 21.1 Å². The zero-order valence-corrected chi connectivity index (χ0v) is 11.3. The van der Waals surface area contributed by atoms with Crippen LogP contribution in [0.5, 0.6) is 0 Å². The Balaban J connectivity index is 1.81. The average Bonchev–Trinajstić information content (AvgIpc) is 3.00. The number of nitrogen functional groups attached to an aromatic ring is 1. The number of anilines is 1. The summed E-state index contributed by atoms with van der Waals surface area (Å²) < 4.78 is 8.09. The van der Waals surface area contributed by atoms with Crippen LogP contribution >= 0.6 is 15.9 Å². The molecule has 1 aromatic carbocycles. The van der Waals surface area contributed by atoms with E-state index in [0.717, 1.165) is 10.0 Å². The molecule has 0 spiro atoms. The van der Waals surface area contributed by atoms with E-state index in [9.17, 15) is 0 Å². The molecule has 3 rings (SSSR count). The lowest BCUT2D eigenvalue weighted by Gasteiger charge is -1.95. The molecule has 2 N–H and O–H groups in total. The number of aromatic nitrogens is 5. The quantitative estimate of drug-likeness (QED) is 0.789. The van der Waals surface area contributed by atoms with Crippen molar-refractivity contribution in [1.29, 1.82) is 0 Å². The Morgan fingerprint density at radius 1 is 1.16 bits per heavy atom. The van der Waals surface area contributed by atoms with E-state index >= 15 is 0 Å². The zero-order valence-electron chi connectivity index (χ0n) is 9.69. The second-order valence-electron chi connectivity index (χ2n) is 3.85. The van der Waals surface area contributed by atoms with Crippen molar-refractivity contribution in [2.24, 2.45) is 0 Å². The van der Waals surface area contributed by atoms with Gasteiger partial charge >= 0.3 is 0 Å². The highest BCUT2D eigenvalue weighted by atomic mass is 79.9. The molecule has 2 heterocycles. The molecule has 8 heteroatoms. The summed E-state index contributed by atoms with van der Waals surface area (Å²) in [4.78, 5) is 0. The summed E-state index contributed by atoms with van der Waals surface area (Å²) in [5.74, 6) is 1.27. The van der Waals surface area contributed by atoms with Gasteiger partial charge in [0.1, 0.15) is 6.54 Å². The molecular weight excluding hydrogens is 312 g/mol. The second kappa shape index (κ2) is 4.81. The van der Waals surface area contributed by atoms with Crippen LogP contribution in [0, 0.1) is 0 Å². The molecule has 0 unspecified atom stereocenters. The van der Waals surface area contributed by atoms with E-state index in [2.05, 4.69) is 36.4 Å². The fourth-order valence-corrected chi connectivity index (χ4v) is 1.82. The summed E-state index contributed by atoms with van der Waals surface area (Å²) in [5, 5.41) is 15.5. The molecule has 0 saturated heterocycles. The zero-order chi connectivity index (χ0) is 13.2. The third-order valence-electron chi connectivity index (χ3n) is 2.41. The van der Waals surface area contributed by atoms with Crippen molar-refractivity contribution < 1.29 is 4.42 Å². The third-order valence-corrected chi connectivity index (χ3v) is 2.94. The Bertz CT molecular complexity index is 689. The van der Waals surface area contributed by atoms with E-state index in [0.29, 0.717) is 24.1 Å². The second-order valence-corrected chi connectivity index (χ2v) is 4.76. The number of nitrogens with two attached hydrogens (primary N) is 1. The van der Waals surface area contributed by atoms with Gasteiger partial charge in [-0.2, -0.15) is 0 Å². The molecule has 0 saturated carbocycles. The van der Waals surface area contributed by atoms with Crippen molar-refractivity contribution in [2.75, 3.05) is 5.73 Å². The van der Waals surface area contributed by atoms with Crippen LogP contribution in [0.4, 0.5) is 5.82 Å². The highest BCUT2D eigenvalue weighted by Gasteiger charge is 2.09. The van der Waals surface area contributed by atoms with Gasteiger partial charge in [0.15, 0.2) is 5.82 Å². The van der Waals surface area contributed by atoms with Crippen LogP contribution in [0.2, 0.25) is 0 Å². The Morgan fingerprint density at radius 3 is 2.63 bits per heavy atom. The van der Waals surface area contributed by atoms with Gasteiger partial charge in [-0.05, 0) is 24.3 Å². The molecule has 3 aromatic rings. The first-order valence-electron chi connectivity index (χ1n) is 5.44. The lowest BCUT2D eigenvalue weighted by Crippen LogP contribution is -2.00. The van der Waals surface area contributed by atoms with Crippen LogP contribution in [-0.2, 0) is 6.54 Å². The first-order chi connectivity index (χ1) is 9.20. The summed E-state index contributed by atoms with van der Waals surface area (Å²) in [6.07, 6.45) is 1.60. The summed E-state index contributed by atoms with van der Waals surface area (Å²) in [7, 11) is 0. The topological polar surface area (TPSA) is 95.7 Å². The Hall–Kier alpha value is -2.22. The van der Waals surface area contributed by atoms with Crippen LogP contribution in [0.1, 0.15) is 5.89 Å². The minimum absolute atomic E-state index is 0.341. The SMILES string of the molecule is Nc1cn(Cc2nnc(-c3ccc(Br)cc3)o2)nn1. The van der Waals surface area contributed by atoms with Crippen molar-refractivity contribution in [2.45, 2.75) is 6.54 Å². The lowest BCUT2D eigenvalue weighted by atomic mass is 10.2. The predicted octanol–water partition coefficient (Wildman–Crippen LogP) is 1.72. The molecular formula is C11H9BrN6O. The number of hydrogen-bond acceptors (Lipinski definition) is 6. The van der Waals surface area contributed by atoms with Gasteiger partial charge < -0.3 is 10.2 Å². The summed E-state index contributed by atoms with van der Waals surface area (Å²) in [6, 6.07) is 7.62. The van der Waals surface area contributed by atoms with Gasteiger partial charge in [0.2, 0.25) is 11.8 Å². The predicted molar refractivity (Wildman–Crippen MR) is 71.0 cm³/mol. The normalized spacial score (nSPS) is 10.8. The van der Waals surface area contributed by atoms with E-state index in [-0.39, 0.29) is 0 Å². The van der Waals surface area contributed by atoms with Crippen LogP contribution in [0.25, 0.3) is 11.5 Å². The molecule has 0 aliphatic heterocycles. The van der Waals surface area contributed by atoms with Gasteiger partial charge in [0, 0.05) is 10.0 Å². The molecule has 96 valence electrons. The molecule has 2 aromatic heterocycles. The van der Waals surface area contributed by atoms with Crippen molar-refractivity contribution in [3.05, 3.63) is 40.8 Å². The molecule has 0 radical (unpaired) electrons. The van der Waals surface area contributed by atoms with E-state index in [4.69, 9.17) is 10.2 Å². The van der Waals surface area contributed by atoms with Gasteiger partial charge in [-0.3, -0.25) is 0 Å². The molecule has 0 amide bonds. The molecule has 0 aliphatic carbocycles. The summed E-state index contributed by atoms with van der Waals surface area (Å²) >= 11 is 3.37. The van der Waals surface area contributed by atoms with Gasteiger partial charge in [-0.25, -0.2) is 4.68 Å². The molecule has 0 aliphatic rings. The van der Waals surface area contributed by atoms with Crippen molar-refractivity contribution in [3.8, 4) is 11.5 Å². The van der Waals surface area contributed by atoms with Crippen molar-refractivity contribution in [1.82, 2.24) is 25.2 Å². The maximum absolute atomic E-state index is 5.56. The summed E-state index contributed by atoms with van der Waals surface area (Å²) in [6.45, 7) is 0.341. The van der Waals surface area contributed by atoms with Gasteiger partial charge in [0.25, 0.3) is 0 Å². The van der Waals surface area contributed by atoms with Crippen LogP contribution in [0.15, 0.2) is 39.4 Å². The first kappa shape index (κ1) is 11.8. The molecule has 0 atom stereocenters. The highest BCUT2D eigenvalue weighted by Crippen LogP contribution is 2.20. The molecule has 7 nitrogen and oxygen atoms in total. The fourth-order valence-electron chi connectivity index (χ4n) is 1.56. The third kappa shape index (κ3) is 2.63. The lowest BCUT2D eigenvalue weighted by molar-refractivity contribution is 0.469.